The molecule has 16 heavy (non-hydrogen) atoms. The number of benzene rings is 1. The van der Waals surface area contributed by atoms with Gasteiger partial charge in [-0.15, -0.1) is 0 Å². The molecular formula is C10H8F2O4. The van der Waals surface area contributed by atoms with Crippen LogP contribution in [0.3, 0.4) is 0 Å². The van der Waals surface area contributed by atoms with Gasteiger partial charge in [-0.1, -0.05) is 0 Å². The van der Waals surface area contributed by atoms with Gasteiger partial charge < -0.3 is 14.2 Å². The van der Waals surface area contributed by atoms with Crippen molar-refractivity contribution in [1.82, 2.24) is 0 Å². The van der Waals surface area contributed by atoms with Gasteiger partial charge in [0.05, 0.1) is 6.61 Å². The average Bonchev–Trinajstić information content (AvgIpc) is 3.08. The summed E-state index contributed by atoms with van der Waals surface area (Å²) in [4.78, 5) is 10.1. The van der Waals surface area contributed by atoms with Crippen LogP contribution in [0, 0.1) is 11.6 Å². The van der Waals surface area contributed by atoms with Crippen LogP contribution in [-0.4, -0.2) is 25.8 Å². The Morgan fingerprint density at radius 2 is 2.25 bits per heavy atom. The zero-order valence-electron chi connectivity index (χ0n) is 8.11. The van der Waals surface area contributed by atoms with Crippen molar-refractivity contribution in [2.24, 2.45) is 0 Å². The smallest absolute Gasteiger partial charge is 0.298 e. The third kappa shape index (κ3) is 2.27. The average molecular weight is 230 g/mol. The lowest BCUT2D eigenvalue weighted by Crippen LogP contribution is -2.07. The maximum absolute atomic E-state index is 13.2. The molecule has 1 saturated heterocycles. The molecule has 2 rings (SSSR count). The molecule has 0 bridgehead atoms. The molecule has 1 heterocycles. The Morgan fingerprint density at radius 1 is 1.50 bits per heavy atom. The summed E-state index contributed by atoms with van der Waals surface area (Å²) in [5.74, 6) is -2.93. The van der Waals surface area contributed by atoms with E-state index >= 15 is 0 Å². The zero-order valence-corrected chi connectivity index (χ0v) is 8.11. The minimum absolute atomic E-state index is 0.0122. The molecule has 4 nitrogen and oxygen atoms in total. The second-order valence-corrected chi connectivity index (χ2v) is 3.17. The van der Waals surface area contributed by atoms with E-state index in [9.17, 15) is 13.6 Å². The molecule has 86 valence electrons. The highest BCUT2D eigenvalue weighted by Crippen LogP contribution is 2.32. The minimum atomic E-state index is -1.25. The van der Waals surface area contributed by atoms with Crippen molar-refractivity contribution in [3.63, 3.8) is 0 Å². The van der Waals surface area contributed by atoms with Crippen LogP contribution in [0.15, 0.2) is 12.1 Å². The number of epoxide rings is 1. The fraction of sp³-hybridized carbons (Fsp3) is 0.300. The molecule has 0 radical (unpaired) electrons. The summed E-state index contributed by atoms with van der Waals surface area (Å²) >= 11 is 0. The Bertz CT molecular complexity index is 404. The lowest BCUT2D eigenvalue weighted by molar-refractivity contribution is -0.121. The summed E-state index contributed by atoms with van der Waals surface area (Å²) in [6.07, 6.45) is -0.0304. The van der Waals surface area contributed by atoms with Gasteiger partial charge in [-0.05, 0) is 12.1 Å². The summed E-state index contributed by atoms with van der Waals surface area (Å²) in [5, 5.41) is 0. The molecule has 0 amide bonds. The van der Waals surface area contributed by atoms with Crippen LogP contribution in [-0.2, 0) is 9.53 Å². The maximum Gasteiger partial charge on any atom is 0.298 e. The molecule has 6 heteroatoms. The topological polar surface area (TPSA) is 48.1 Å². The molecule has 0 spiro atoms. The van der Waals surface area contributed by atoms with Crippen LogP contribution in [0.1, 0.15) is 0 Å². The fourth-order valence-corrected chi connectivity index (χ4v) is 1.13. The van der Waals surface area contributed by atoms with Crippen molar-refractivity contribution in [2.75, 3.05) is 13.2 Å². The van der Waals surface area contributed by atoms with Gasteiger partial charge in [-0.2, -0.15) is 4.39 Å². The van der Waals surface area contributed by atoms with E-state index in [2.05, 4.69) is 4.74 Å². The monoisotopic (exact) mass is 230 g/mol. The number of hydrogen-bond donors (Lipinski definition) is 0. The van der Waals surface area contributed by atoms with Crippen molar-refractivity contribution < 1.29 is 27.8 Å². The lowest BCUT2D eigenvalue weighted by Gasteiger charge is -2.09. The number of rotatable bonds is 5. The van der Waals surface area contributed by atoms with Crippen molar-refractivity contribution in [3.05, 3.63) is 23.8 Å². The maximum atomic E-state index is 13.2. The standard InChI is InChI=1S/C10H8F2O4/c11-7-1-2-8(15-4-6-3-14-6)10(9(7)12)16-5-13/h1-2,5-6H,3-4H2/t6-/m1/s1. The Kier molecular flexibility index (Phi) is 3.00. The van der Waals surface area contributed by atoms with E-state index in [-0.39, 0.29) is 24.9 Å². The van der Waals surface area contributed by atoms with E-state index in [0.29, 0.717) is 6.61 Å². The van der Waals surface area contributed by atoms with E-state index < -0.39 is 17.4 Å². The third-order valence-electron chi connectivity index (χ3n) is 2.01. The first-order valence-corrected chi connectivity index (χ1v) is 4.55. The second kappa shape index (κ2) is 4.44. The number of ether oxygens (including phenoxy) is 3. The first-order chi connectivity index (χ1) is 7.72. The highest BCUT2D eigenvalue weighted by atomic mass is 19.2. The lowest BCUT2D eigenvalue weighted by atomic mass is 10.3. The van der Waals surface area contributed by atoms with Gasteiger partial charge in [0, 0.05) is 0 Å². The van der Waals surface area contributed by atoms with E-state index in [1.807, 2.05) is 0 Å². The number of hydrogen-bond acceptors (Lipinski definition) is 4. The van der Waals surface area contributed by atoms with Crippen LogP contribution >= 0.6 is 0 Å². The highest BCUT2D eigenvalue weighted by Gasteiger charge is 2.25. The van der Waals surface area contributed by atoms with Crippen molar-refractivity contribution in [3.8, 4) is 11.5 Å². The molecule has 0 N–H and O–H groups in total. The van der Waals surface area contributed by atoms with Gasteiger partial charge in [0.25, 0.3) is 6.47 Å². The van der Waals surface area contributed by atoms with Crippen LogP contribution in [0.4, 0.5) is 8.78 Å². The molecule has 1 aliphatic rings. The van der Waals surface area contributed by atoms with E-state index in [1.165, 1.54) is 6.07 Å². The number of carbonyl (C=O) groups excluding carboxylic acids is 1. The number of halogens is 2. The summed E-state index contributed by atoms with van der Waals surface area (Å²) in [5.41, 5.74) is 0. The normalized spacial score (nSPS) is 18.0. The van der Waals surface area contributed by atoms with Gasteiger partial charge in [-0.25, -0.2) is 4.39 Å². The summed E-state index contributed by atoms with van der Waals surface area (Å²) in [6.45, 7) is 0.798. The predicted molar refractivity (Wildman–Crippen MR) is 48.3 cm³/mol. The SMILES string of the molecule is O=COc1c(OC[C@H]2CO2)ccc(F)c1F. The molecule has 0 aromatic heterocycles. The quantitative estimate of drug-likeness (QED) is 0.564. The van der Waals surface area contributed by atoms with Crippen LogP contribution in [0.25, 0.3) is 0 Å². The summed E-state index contributed by atoms with van der Waals surface area (Å²) in [6, 6.07) is 2.09. The molecule has 1 aromatic rings. The fourth-order valence-electron chi connectivity index (χ4n) is 1.13. The van der Waals surface area contributed by atoms with Crippen molar-refractivity contribution in [1.29, 1.82) is 0 Å². The molecule has 0 saturated carbocycles. The largest absolute Gasteiger partial charge is 0.487 e. The van der Waals surface area contributed by atoms with Gasteiger partial charge in [0.2, 0.25) is 11.6 Å². The van der Waals surface area contributed by atoms with E-state index in [0.717, 1.165) is 6.07 Å². The first-order valence-electron chi connectivity index (χ1n) is 4.55. The Hall–Kier alpha value is -1.69. The van der Waals surface area contributed by atoms with Crippen molar-refractivity contribution >= 4 is 6.47 Å². The third-order valence-corrected chi connectivity index (χ3v) is 2.01. The van der Waals surface area contributed by atoms with Crippen molar-refractivity contribution in [2.45, 2.75) is 6.10 Å². The van der Waals surface area contributed by atoms with Gasteiger partial charge in [0.1, 0.15) is 12.7 Å². The molecule has 1 fully saturated rings. The van der Waals surface area contributed by atoms with E-state index in [4.69, 9.17) is 9.47 Å². The van der Waals surface area contributed by atoms with Crippen LogP contribution < -0.4 is 9.47 Å². The van der Waals surface area contributed by atoms with Gasteiger partial charge in [-0.3, -0.25) is 4.79 Å². The summed E-state index contributed by atoms with van der Waals surface area (Å²) < 4.78 is 40.4. The molecule has 0 aliphatic carbocycles. The van der Waals surface area contributed by atoms with Gasteiger partial charge in [0.15, 0.2) is 11.6 Å². The Morgan fingerprint density at radius 3 is 2.88 bits per heavy atom. The Balaban J connectivity index is 2.19. The van der Waals surface area contributed by atoms with Crippen LogP contribution in [0.5, 0.6) is 11.5 Å². The minimum Gasteiger partial charge on any atom is -0.487 e. The Labute approximate surface area is 89.7 Å². The van der Waals surface area contributed by atoms with Crippen LogP contribution in [0.2, 0.25) is 0 Å². The molecule has 0 unspecified atom stereocenters. The predicted octanol–water partition coefficient (Wildman–Crippen LogP) is 1.28. The first kappa shape index (κ1) is 10.8. The molecule has 1 atom stereocenters. The summed E-state index contributed by atoms with van der Waals surface area (Å²) in [7, 11) is 0. The number of carbonyl (C=O) groups is 1. The van der Waals surface area contributed by atoms with E-state index in [1.54, 1.807) is 0 Å². The molecular weight excluding hydrogens is 222 g/mol. The van der Waals surface area contributed by atoms with Gasteiger partial charge >= 0.3 is 0 Å². The second-order valence-electron chi connectivity index (χ2n) is 3.17. The molecule has 1 aromatic carbocycles. The highest BCUT2D eigenvalue weighted by molar-refractivity contribution is 5.51. The zero-order chi connectivity index (χ0) is 11.5. The molecule has 1 aliphatic heterocycles.